The van der Waals surface area contributed by atoms with Crippen LogP contribution in [0.4, 0.5) is 0 Å². The van der Waals surface area contributed by atoms with E-state index in [1.807, 2.05) is 13.8 Å². The van der Waals surface area contributed by atoms with Gasteiger partial charge in [0.1, 0.15) is 0 Å². The second-order valence-electron chi connectivity index (χ2n) is 8.18. The molecule has 142 valence electrons. The van der Waals surface area contributed by atoms with Gasteiger partial charge in [-0.2, -0.15) is 0 Å². The zero-order valence-electron chi connectivity index (χ0n) is 16.6. The predicted octanol–water partition coefficient (Wildman–Crippen LogP) is 4.41. The van der Waals surface area contributed by atoms with Crippen LogP contribution in [0.2, 0.25) is 0 Å². The Bertz CT molecular complexity index is 953. The first kappa shape index (κ1) is 18.2. The zero-order valence-corrected chi connectivity index (χ0v) is 16.6. The minimum absolute atomic E-state index is 0.208. The number of β-amino-alcohol motifs (C(OH)–C–C–N with tert-alkyl or cyclic N) is 1. The Hall–Kier alpha value is -2.17. The van der Waals surface area contributed by atoms with Gasteiger partial charge in [-0.1, -0.05) is 19.9 Å². The van der Waals surface area contributed by atoms with Crippen molar-refractivity contribution in [2.45, 2.75) is 52.1 Å². The number of benzene rings is 1. The maximum Gasteiger partial charge on any atom is 0.0733 e. The van der Waals surface area contributed by atoms with E-state index in [0.29, 0.717) is 12.5 Å². The van der Waals surface area contributed by atoms with Crippen molar-refractivity contribution in [3.8, 4) is 11.3 Å². The van der Waals surface area contributed by atoms with Crippen molar-refractivity contribution in [2.24, 2.45) is 0 Å². The summed E-state index contributed by atoms with van der Waals surface area (Å²) in [6.07, 6.45) is 0.659. The van der Waals surface area contributed by atoms with Crippen molar-refractivity contribution < 1.29 is 5.11 Å². The fraction of sp³-hybridized carbons (Fsp3) is 0.435. The molecule has 27 heavy (non-hydrogen) atoms. The molecule has 0 saturated carbocycles. The van der Waals surface area contributed by atoms with E-state index in [-0.39, 0.29) is 12.0 Å². The number of piperidine rings is 1. The van der Waals surface area contributed by atoms with Crippen LogP contribution >= 0.6 is 0 Å². The van der Waals surface area contributed by atoms with Gasteiger partial charge in [0.05, 0.1) is 11.8 Å². The molecule has 0 aliphatic carbocycles. The topological polar surface area (TPSA) is 60.9 Å². The van der Waals surface area contributed by atoms with E-state index in [2.05, 4.69) is 59.5 Å². The third kappa shape index (κ3) is 3.40. The lowest BCUT2D eigenvalue weighted by Crippen LogP contribution is -2.39. The number of fused-ring (bicyclic) bond motifs is 1. The summed E-state index contributed by atoms with van der Waals surface area (Å²) in [5, 5.41) is 15.0. The molecule has 4 rings (SSSR count). The van der Waals surface area contributed by atoms with E-state index in [1.165, 1.54) is 27.8 Å². The van der Waals surface area contributed by atoms with Gasteiger partial charge in [0, 0.05) is 40.3 Å². The summed E-state index contributed by atoms with van der Waals surface area (Å²) in [5.74, 6) is 0.607. The molecule has 0 amide bonds. The van der Waals surface area contributed by atoms with Crippen LogP contribution in [0.1, 0.15) is 54.6 Å². The summed E-state index contributed by atoms with van der Waals surface area (Å²) in [4.78, 5) is 8.18. The SMILES string of the molecule is Cc1cc(-c2[nH]c3ccc(C4CCNCC4O)cc3c2C(C)C)cc(C)n1. The highest BCUT2D eigenvalue weighted by atomic mass is 16.3. The molecular weight excluding hydrogens is 334 g/mol. The van der Waals surface area contributed by atoms with Crippen molar-refractivity contribution in [2.75, 3.05) is 13.1 Å². The second-order valence-corrected chi connectivity index (χ2v) is 8.18. The van der Waals surface area contributed by atoms with Crippen LogP contribution in [0.3, 0.4) is 0 Å². The van der Waals surface area contributed by atoms with Gasteiger partial charge in [-0.05, 0) is 68.1 Å². The van der Waals surface area contributed by atoms with Gasteiger partial charge in [-0.25, -0.2) is 0 Å². The molecule has 2 atom stereocenters. The van der Waals surface area contributed by atoms with E-state index in [9.17, 15) is 5.11 Å². The number of rotatable bonds is 3. The largest absolute Gasteiger partial charge is 0.391 e. The number of hydrogen-bond donors (Lipinski definition) is 3. The van der Waals surface area contributed by atoms with Crippen molar-refractivity contribution >= 4 is 10.9 Å². The number of nitrogens with one attached hydrogen (secondary N) is 2. The molecule has 0 bridgehead atoms. The van der Waals surface area contributed by atoms with E-state index < -0.39 is 0 Å². The summed E-state index contributed by atoms with van der Waals surface area (Å²) >= 11 is 0. The van der Waals surface area contributed by atoms with Crippen LogP contribution in [0.25, 0.3) is 22.2 Å². The van der Waals surface area contributed by atoms with Crippen LogP contribution in [-0.4, -0.2) is 34.3 Å². The number of aromatic nitrogens is 2. The van der Waals surface area contributed by atoms with Gasteiger partial charge in [0.25, 0.3) is 0 Å². The van der Waals surface area contributed by atoms with E-state index in [1.54, 1.807) is 0 Å². The van der Waals surface area contributed by atoms with Crippen LogP contribution in [0.5, 0.6) is 0 Å². The highest BCUT2D eigenvalue weighted by Gasteiger charge is 2.25. The zero-order chi connectivity index (χ0) is 19.1. The Balaban J connectivity index is 1.87. The average molecular weight is 364 g/mol. The quantitative estimate of drug-likeness (QED) is 0.646. The number of aliphatic hydroxyl groups is 1. The van der Waals surface area contributed by atoms with Crippen LogP contribution in [-0.2, 0) is 0 Å². The van der Waals surface area contributed by atoms with Crippen molar-refractivity contribution in [3.63, 3.8) is 0 Å². The Morgan fingerprint density at radius 1 is 1.11 bits per heavy atom. The molecule has 3 heterocycles. The highest BCUT2D eigenvalue weighted by Crippen LogP contribution is 2.38. The lowest BCUT2D eigenvalue weighted by molar-refractivity contribution is 0.118. The van der Waals surface area contributed by atoms with Crippen LogP contribution in [0, 0.1) is 13.8 Å². The first-order valence-corrected chi connectivity index (χ1v) is 9.94. The van der Waals surface area contributed by atoms with Gasteiger partial charge in [0.2, 0.25) is 0 Å². The minimum atomic E-state index is -0.317. The van der Waals surface area contributed by atoms with Crippen molar-refractivity contribution in [1.82, 2.24) is 15.3 Å². The number of H-pyrrole nitrogens is 1. The minimum Gasteiger partial charge on any atom is -0.391 e. The van der Waals surface area contributed by atoms with Crippen LogP contribution < -0.4 is 5.32 Å². The van der Waals surface area contributed by atoms with Crippen molar-refractivity contribution in [1.29, 1.82) is 0 Å². The van der Waals surface area contributed by atoms with Gasteiger partial charge in [-0.3, -0.25) is 4.98 Å². The molecule has 1 aliphatic heterocycles. The molecule has 1 fully saturated rings. The number of nitrogens with zero attached hydrogens (tertiary/aromatic N) is 1. The smallest absolute Gasteiger partial charge is 0.0733 e. The molecule has 3 N–H and O–H groups in total. The Labute approximate surface area is 161 Å². The number of hydrogen-bond acceptors (Lipinski definition) is 3. The molecular formula is C23H29N3O. The number of pyridine rings is 1. The molecule has 1 saturated heterocycles. The molecule has 0 radical (unpaired) electrons. The van der Waals surface area contributed by atoms with Gasteiger partial charge >= 0.3 is 0 Å². The Morgan fingerprint density at radius 2 is 1.85 bits per heavy atom. The summed E-state index contributed by atoms with van der Waals surface area (Å²) < 4.78 is 0. The summed E-state index contributed by atoms with van der Waals surface area (Å²) in [6, 6.07) is 11.0. The molecule has 4 heteroatoms. The molecule has 1 aliphatic rings. The monoisotopic (exact) mass is 363 g/mol. The highest BCUT2D eigenvalue weighted by molar-refractivity contribution is 5.92. The number of aliphatic hydroxyl groups excluding tert-OH is 1. The average Bonchev–Trinajstić information content (AvgIpc) is 3.00. The molecule has 2 unspecified atom stereocenters. The third-order valence-electron chi connectivity index (χ3n) is 5.69. The fourth-order valence-electron chi connectivity index (χ4n) is 4.50. The van der Waals surface area contributed by atoms with Crippen LogP contribution in [0.15, 0.2) is 30.3 Å². The van der Waals surface area contributed by atoms with E-state index >= 15 is 0 Å². The third-order valence-corrected chi connectivity index (χ3v) is 5.69. The second kappa shape index (κ2) is 7.10. The summed E-state index contributed by atoms with van der Waals surface area (Å²) in [6.45, 7) is 10.2. The molecule has 2 aromatic heterocycles. The number of aryl methyl sites for hydroxylation is 2. The van der Waals surface area contributed by atoms with Crippen molar-refractivity contribution in [3.05, 3.63) is 52.8 Å². The molecule has 0 spiro atoms. The van der Waals surface area contributed by atoms with Gasteiger partial charge < -0.3 is 15.4 Å². The van der Waals surface area contributed by atoms with Gasteiger partial charge in [-0.15, -0.1) is 0 Å². The maximum absolute atomic E-state index is 10.4. The molecule has 1 aromatic carbocycles. The van der Waals surface area contributed by atoms with E-state index in [0.717, 1.165) is 29.9 Å². The Morgan fingerprint density at radius 3 is 2.52 bits per heavy atom. The molecule has 3 aromatic rings. The predicted molar refractivity (Wildman–Crippen MR) is 111 cm³/mol. The first-order chi connectivity index (χ1) is 12.9. The van der Waals surface area contributed by atoms with E-state index in [4.69, 9.17) is 0 Å². The molecule has 4 nitrogen and oxygen atoms in total. The lowest BCUT2D eigenvalue weighted by Gasteiger charge is -2.28. The fourth-order valence-corrected chi connectivity index (χ4v) is 4.50. The summed E-state index contributed by atoms with van der Waals surface area (Å²) in [7, 11) is 0. The standard InChI is InChI=1S/C23H29N3O/c1-13(2)22-19-11-16(18-7-8-24-12-21(18)27)5-6-20(19)26-23(22)17-9-14(3)25-15(4)10-17/h5-6,9-11,13,18,21,24,26-27H,7-8,12H2,1-4H3. The summed E-state index contributed by atoms with van der Waals surface area (Å²) in [5.41, 5.74) is 8.22. The first-order valence-electron chi connectivity index (χ1n) is 9.94. The lowest BCUT2D eigenvalue weighted by atomic mass is 9.86. The Kier molecular flexibility index (Phi) is 4.79. The maximum atomic E-state index is 10.4. The number of aromatic amines is 1. The normalized spacial score (nSPS) is 20.5. The van der Waals surface area contributed by atoms with Gasteiger partial charge in [0.15, 0.2) is 0 Å².